The summed E-state index contributed by atoms with van der Waals surface area (Å²) >= 11 is 17.8. The first-order chi connectivity index (χ1) is 13.7. The number of carbonyl (C=O) groups excluding carboxylic acids is 2. The Labute approximate surface area is 185 Å². The first-order valence-electron chi connectivity index (χ1n) is 9.06. The number of esters is 1. The van der Waals surface area contributed by atoms with Crippen LogP contribution in [0.4, 0.5) is 5.69 Å². The molecule has 8 heteroatoms. The molecule has 0 unspecified atom stereocenters. The Hall–Kier alpha value is -2.15. The van der Waals surface area contributed by atoms with E-state index < -0.39 is 5.97 Å². The van der Waals surface area contributed by atoms with E-state index in [2.05, 4.69) is 5.32 Å². The fourth-order valence-corrected chi connectivity index (χ4v) is 3.15. The van der Waals surface area contributed by atoms with Crippen molar-refractivity contribution in [1.29, 1.82) is 0 Å². The number of nitrogens with zero attached hydrogens (tertiary/aromatic N) is 1. The zero-order valence-electron chi connectivity index (χ0n) is 16.4. The van der Waals surface area contributed by atoms with E-state index in [9.17, 15) is 9.59 Å². The molecule has 0 heterocycles. The van der Waals surface area contributed by atoms with Crippen LogP contribution in [0.25, 0.3) is 0 Å². The maximum atomic E-state index is 12.1. The van der Waals surface area contributed by atoms with Gasteiger partial charge in [0.1, 0.15) is 0 Å². The van der Waals surface area contributed by atoms with Crippen LogP contribution >= 0.6 is 35.4 Å². The van der Waals surface area contributed by atoms with Crippen molar-refractivity contribution in [2.45, 2.75) is 27.3 Å². The topological polar surface area (TPSA) is 58.6 Å². The molecule has 0 atom stereocenters. The lowest BCUT2D eigenvalue weighted by Gasteiger charge is -2.26. The van der Waals surface area contributed by atoms with Gasteiger partial charge in [0, 0.05) is 21.7 Å². The molecule has 29 heavy (non-hydrogen) atoms. The van der Waals surface area contributed by atoms with Crippen molar-refractivity contribution in [3.8, 4) is 0 Å². The number of nitrogens with one attached hydrogen (secondary N) is 1. The van der Waals surface area contributed by atoms with E-state index in [1.165, 1.54) is 0 Å². The molecule has 0 spiro atoms. The number of carbonyl (C=O) groups is 2. The van der Waals surface area contributed by atoms with Crippen molar-refractivity contribution in [2.24, 2.45) is 5.92 Å². The largest absolute Gasteiger partial charge is 0.462 e. The minimum Gasteiger partial charge on any atom is -0.462 e. The van der Waals surface area contributed by atoms with Crippen molar-refractivity contribution < 1.29 is 14.3 Å². The van der Waals surface area contributed by atoms with Crippen molar-refractivity contribution in [1.82, 2.24) is 5.32 Å². The van der Waals surface area contributed by atoms with Gasteiger partial charge in [0.25, 0.3) is 0 Å². The lowest BCUT2D eigenvalue weighted by Crippen LogP contribution is -2.44. The number of rotatable bonds is 6. The van der Waals surface area contributed by atoms with Crippen LogP contribution in [0.2, 0.25) is 10.0 Å². The summed E-state index contributed by atoms with van der Waals surface area (Å²) in [6, 6.07) is 12.0. The average molecular weight is 453 g/mol. The fraction of sp³-hybridized carbons (Fsp3) is 0.286. The fourth-order valence-electron chi connectivity index (χ4n) is 2.41. The van der Waals surface area contributed by atoms with Crippen molar-refractivity contribution >= 4 is 58.1 Å². The zero-order valence-corrected chi connectivity index (χ0v) is 18.7. The van der Waals surface area contributed by atoms with Crippen LogP contribution in [0.5, 0.6) is 0 Å². The monoisotopic (exact) mass is 452 g/mol. The van der Waals surface area contributed by atoms with Gasteiger partial charge in [-0.2, -0.15) is 0 Å². The minimum atomic E-state index is -0.401. The SMILES string of the molecule is CCOC(=O)c1ccc(N(Cc2ccc(Cl)cc2Cl)C(=S)NC(=O)C(C)C)cc1. The Morgan fingerprint density at radius 2 is 1.79 bits per heavy atom. The minimum absolute atomic E-state index is 0.189. The van der Waals surface area contributed by atoms with Gasteiger partial charge in [-0.25, -0.2) is 4.79 Å². The number of anilines is 1. The van der Waals surface area contributed by atoms with E-state index >= 15 is 0 Å². The number of hydrogen-bond donors (Lipinski definition) is 1. The number of thiocarbonyl (C=S) groups is 1. The number of hydrogen-bond acceptors (Lipinski definition) is 4. The lowest BCUT2D eigenvalue weighted by atomic mass is 10.1. The summed E-state index contributed by atoms with van der Waals surface area (Å²) in [5.74, 6) is -0.813. The van der Waals surface area contributed by atoms with Crippen LogP contribution in [-0.2, 0) is 16.1 Å². The summed E-state index contributed by atoms with van der Waals surface area (Å²) in [6.45, 7) is 5.93. The van der Waals surface area contributed by atoms with Crippen LogP contribution < -0.4 is 10.2 Å². The first kappa shape index (κ1) is 23.1. The number of benzene rings is 2. The molecule has 2 aromatic carbocycles. The number of amides is 1. The standard InChI is InChI=1S/C21H22Cl2N2O3S/c1-4-28-20(27)14-6-9-17(10-7-14)25(21(29)24-19(26)13(2)3)12-15-5-8-16(22)11-18(15)23/h5-11,13H,4,12H2,1-3H3,(H,24,26,29). The molecule has 0 aliphatic rings. The van der Waals surface area contributed by atoms with Gasteiger partial charge in [0.2, 0.25) is 5.91 Å². The van der Waals surface area contributed by atoms with Gasteiger partial charge in [0.05, 0.1) is 18.7 Å². The molecular weight excluding hydrogens is 431 g/mol. The molecule has 5 nitrogen and oxygen atoms in total. The van der Waals surface area contributed by atoms with Gasteiger partial charge in [-0.05, 0) is 61.1 Å². The second kappa shape index (κ2) is 10.6. The average Bonchev–Trinajstić information content (AvgIpc) is 2.67. The Morgan fingerprint density at radius 1 is 1.14 bits per heavy atom. The smallest absolute Gasteiger partial charge is 0.338 e. The molecule has 0 saturated heterocycles. The highest BCUT2D eigenvalue weighted by molar-refractivity contribution is 7.80. The Morgan fingerprint density at radius 3 is 2.34 bits per heavy atom. The molecule has 1 N–H and O–H groups in total. The van der Waals surface area contributed by atoms with Gasteiger partial charge in [-0.3, -0.25) is 4.79 Å². The van der Waals surface area contributed by atoms with Crippen LogP contribution in [0, 0.1) is 5.92 Å². The highest BCUT2D eigenvalue weighted by atomic mass is 35.5. The quantitative estimate of drug-likeness (QED) is 0.479. The summed E-state index contributed by atoms with van der Waals surface area (Å²) in [5, 5.41) is 4.00. The Balaban J connectivity index is 2.34. The summed E-state index contributed by atoms with van der Waals surface area (Å²) in [5.41, 5.74) is 1.90. The van der Waals surface area contributed by atoms with Gasteiger partial charge < -0.3 is 15.0 Å². The van der Waals surface area contributed by atoms with E-state index in [4.69, 9.17) is 40.2 Å². The molecule has 0 saturated carbocycles. The van der Waals surface area contributed by atoms with Crippen molar-refractivity contribution in [2.75, 3.05) is 11.5 Å². The molecule has 1 amide bonds. The third-order valence-electron chi connectivity index (χ3n) is 4.03. The highest BCUT2D eigenvalue weighted by Gasteiger charge is 2.19. The highest BCUT2D eigenvalue weighted by Crippen LogP contribution is 2.25. The first-order valence-corrected chi connectivity index (χ1v) is 10.2. The molecule has 2 rings (SSSR count). The molecule has 0 aliphatic heterocycles. The van der Waals surface area contributed by atoms with Crippen LogP contribution in [0.1, 0.15) is 36.7 Å². The predicted octanol–water partition coefficient (Wildman–Crippen LogP) is 5.23. The van der Waals surface area contributed by atoms with Gasteiger partial charge in [0.15, 0.2) is 5.11 Å². The van der Waals surface area contributed by atoms with Gasteiger partial charge >= 0.3 is 5.97 Å². The third-order valence-corrected chi connectivity index (χ3v) is 4.94. The van der Waals surface area contributed by atoms with Crippen molar-refractivity contribution in [3.63, 3.8) is 0 Å². The predicted molar refractivity (Wildman–Crippen MR) is 121 cm³/mol. The van der Waals surface area contributed by atoms with Crippen LogP contribution in [0.3, 0.4) is 0 Å². The second-order valence-electron chi connectivity index (χ2n) is 6.54. The van der Waals surface area contributed by atoms with E-state index in [1.54, 1.807) is 68.1 Å². The summed E-state index contributed by atoms with van der Waals surface area (Å²) in [6.07, 6.45) is 0. The molecule has 0 radical (unpaired) electrons. The van der Waals surface area contributed by atoms with E-state index in [0.717, 1.165) is 5.56 Å². The lowest BCUT2D eigenvalue weighted by molar-refractivity contribution is -0.122. The molecule has 0 fully saturated rings. The molecular formula is C21H22Cl2N2O3S. The number of halogens is 2. The Kier molecular flexibility index (Phi) is 8.44. The Bertz CT molecular complexity index is 901. The summed E-state index contributed by atoms with van der Waals surface area (Å²) in [7, 11) is 0. The molecule has 0 bridgehead atoms. The maximum absolute atomic E-state index is 12.1. The van der Waals surface area contributed by atoms with Gasteiger partial charge in [-0.1, -0.05) is 43.1 Å². The van der Waals surface area contributed by atoms with Crippen LogP contribution in [0.15, 0.2) is 42.5 Å². The molecule has 0 aliphatic carbocycles. The second-order valence-corrected chi connectivity index (χ2v) is 7.77. The van der Waals surface area contributed by atoms with Gasteiger partial charge in [-0.15, -0.1) is 0 Å². The maximum Gasteiger partial charge on any atom is 0.338 e. The summed E-state index contributed by atoms with van der Waals surface area (Å²) < 4.78 is 5.01. The summed E-state index contributed by atoms with van der Waals surface area (Å²) in [4.78, 5) is 25.8. The molecule has 2 aromatic rings. The van der Waals surface area contributed by atoms with Crippen molar-refractivity contribution in [3.05, 3.63) is 63.6 Å². The van der Waals surface area contributed by atoms with E-state index in [-0.39, 0.29) is 16.9 Å². The normalized spacial score (nSPS) is 10.6. The van der Waals surface area contributed by atoms with Crippen LogP contribution in [-0.4, -0.2) is 23.6 Å². The number of ether oxygens (including phenoxy) is 1. The van der Waals surface area contributed by atoms with E-state index in [0.29, 0.717) is 34.4 Å². The molecule has 154 valence electrons. The zero-order chi connectivity index (χ0) is 21.6. The van der Waals surface area contributed by atoms with E-state index in [1.807, 2.05) is 0 Å². The third kappa shape index (κ3) is 6.42. The molecule has 0 aromatic heterocycles.